The van der Waals surface area contributed by atoms with Gasteiger partial charge in [-0.3, -0.25) is 9.59 Å². The smallest absolute Gasteiger partial charge is 0.361 e. The number of carbonyl (C=O) groups is 3. The van der Waals surface area contributed by atoms with Crippen molar-refractivity contribution >= 4 is 17.9 Å². The number of ether oxygens (including phenoxy) is 4. The molecule has 0 amide bonds. The van der Waals surface area contributed by atoms with Crippen molar-refractivity contribution in [2.75, 3.05) is 47.5 Å². The van der Waals surface area contributed by atoms with Crippen LogP contribution in [0.25, 0.3) is 0 Å². The van der Waals surface area contributed by atoms with Crippen molar-refractivity contribution < 1.29 is 42.9 Å². The van der Waals surface area contributed by atoms with E-state index in [4.69, 9.17) is 18.9 Å². The number of rotatable bonds is 62. The van der Waals surface area contributed by atoms with Crippen molar-refractivity contribution in [2.24, 2.45) is 0 Å². The van der Waals surface area contributed by atoms with Gasteiger partial charge in [-0.15, -0.1) is 0 Å². The summed E-state index contributed by atoms with van der Waals surface area (Å²) in [6.45, 7) is 4.81. The largest absolute Gasteiger partial charge is 0.477 e. The van der Waals surface area contributed by atoms with Gasteiger partial charge in [0.1, 0.15) is 13.2 Å². The van der Waals surface area contributed by atoms with Crippen LogP contribution in [-0.2, 0) is 33.3 Å². The van der Waals surface area contributed by atoms with Gasteiger partial charge in [-0.2, -0.15) is 0 Å². The van der Waals surface area contributed by atoms with Crippen LogP contribution < -0.4 is 0 Å². The zero-order valence-corrected chi connectivity index (χ0v) is 52.5. The van der Waals surface area contributed by atoms with Crippen LogP contribution in [0.15, 0.2) is 60.8 Å². The number of carbonyl (C=O) groups excluding carboxylic acids is 2. The summed E-state index contributed by atoms with van der Waals surface area (Å²) in [5.74, 6) is -1.98. The first-order valence-corrected chi connectivity index (χ1v) is 33.5. The van der Waals surface area contributed by atoms with Crippen molar-refractivity contribution in [3.05, 3.63) is 60.8 Å². The van der Waals surface area contributed by atoms with Gasteiger partial charge < -0.3 is 28.5 Å². The molecule has 9 heteroatoms. The Bertz CT molecular complexity index is 1480. The van der Waals surface area contributed by atoms with Crippen LogP contribution in [0, 0.1) is 0 Å². The number of carboxylic acids is 1. The summed E-state index contributed by atoms with van der Waals surface area (Å²) in [7, 11) is 5.98. The minimum atomic E-state index is -1.51. The highest BCUT2D eigenvalue weighted by molar-refractivity contribution is 5.71. The first kappa shape index (κ1) is 76.0. The number of allylic oxidation sites excluding steroid dienone is 10. The number of unbranched alkanes of at least 4 members (excludes halogenated alkanes) is 37. The number of esters is 2. The molecule has 0 aliphatic carbocycles. The molecule has 0 heterocycles. The summed E-state index contributed by atoms with van der Waals surface area (Å²) in [4.78, 5) is 37.5. The van der Waals surface area contributed by atoms with Gasteiger partial charge in [-0.1, -0.05) is 299 Å². The number of likely N-dealkylation sites (N-methyl/N-ethyl adjacent to an activating group) is 1. The van der Waals surface area contributed by atoms with Gasteiger partial charge in [0.2, 0.25) is 0 Å². The lowest BCUT2D eigenvalue weighted by Crippen LogP contribution is -2.40. The molecule has 0 saturated heterocycles. The molecule has 0 aliphatic heterocycles. The highest BCUT2D eigenvalue weighted by Crippen LogP contribution is 2.18. The molecule has 0 aliphatic rings. The Morgan fingerprint density at radius 1 is 0.392 bits per heavy atom. The summed E-state index contributed by atoms with van der Waals surface area (Å²) < 4.78 is 22.9. The fourth-order valence-corrected chi connectivity index (χ4v) is 9.69. The number of nitrogens with zero attached hydrogens (tertiary/aromatic N) is 1. The predicted octanol–water partition coefficient (Wildman–Crippen LogP) is 20.4. The Kier molecular flexibility index (Phi) is 58.7. The second-order valence-corrected chi connectivity index (χ2v) is 23.8. The predicted molar refractivity (Wildman–Crippen MR) is 336 cm³/mol. The molecule has 0 saturated carbocycles. The van der Waals surface area contributed by atoms with E-state index in [1.807, 2.05) is 21.1 Å². The van der Waals surface area contributed by atoms with Gasteiger partial charge in [-0.05, 0) is 57.8 Å². The van der Waals surface area contributed by atoms with Gasteiger partial charge in [-0.25, -0.2) is 4.79 Å². The zero-order valence-electron chi connectivity index (χ0n) is 52.5. The molecular formula is C70H128NO8+. The Hall–Kier alpha value is -3.01. The van der Waals surface area contributed by atoms with Gasteiger partial charge in [0.05, 0.1) is 34.4 Å². The third kappa shape index (κ3) is 62.4. The van der Waals surface area contributed by atoms with E-state index in [1.54, 1.807) is 0 Å². The van der Waals surface area contributed by atoms with Crippen molar-refractivity contribution in [1.82, 2.24) is 0 Å². The molecule has 0 fully saturated rings. The Morgan fingerprint density at radius 3 is 1.08 bits per heavy atom. The minimum Gasteiger partial charge on any atom is -0.477 e. The molecule has 0 spiro atoms. The summed E-state index contributed by atoms with van der Waals surface area (Å²) in [5, 5.41) is 9.72. The Balaban J connectivity index is 3.96. The first-order valence-electron chi connectivity index (χ1n) is 33.5. The van der Waals surface area contributed by atoms with Crippen molar-refractivity contribution in [2.45, 2.75) is 322 Å². The molecular weight excluding hydrogens is 983 g/mol. The van der Waals surface area contributed by atoms with E-state index in [1.165, 1.54) is 212 Å². The lowest BCUT2D eigenvalue weighted by atomic mass is 10.0. The highest BCUT2D eigenvalue weighted by atomic mass is 16.7. The summed E-state index contributed by atoms with van der Waals surface area (Å²) in [6, 6.07) is 0. The summed E-state index contributed by atoms with van der Waals surface area (Å²) >= 11 is 0. The van der Waals surface area contributed by atoms with E-state index < -0.39 is 18.4 Å². The second-order valence-electron chi connectivity index (χ2n) is 23.8. The van der Waals surface area contributed by atoms with Crippen LogP contribution in [0.1, 0.15) is 309 Å². The number of aliphatic carboxylic acids is 1. The third-order valence-electron chi connectivity index (χ3n) is 14.8. The van der Waals surface area contributed by atoms with E-state index in [0.29, 0.717) is 17.4 Å². The quantitative estimate of drug-likeness (QED) is 0.0211. The molecule has 79 heavy (non-hydrogen) atoms. The zero-order chi connectivity index (χ0) is 57.6. The fraction of sp³-hybridized carbons (Fsp3) is 0.814. The standard InChI is InChI=1S/C70H127NO8/c1-6-8-10-12-14-16-18-20-22-23-24-25-26-27-28-29-30-31-32-33-34-35-36-37-38-39-40-41-42-43-44-45-47-49-51-53-55-57-59-61-68(73)79-66(65-78-70(69(74)75)76-63-62-71(3,4)5)64-77-67(72)60-58-56-54-52-50-48-46-21-19-17-15-13-11-9-7-2/h8,10,14,16,20,22,24-25,27-28,66,70H,6-7,9,11-13,15,17-19,21,23,26,29-65H2,1-5H3/p+1/b10-8-,16-14-,22-20-,25-24-,28-27-. The van der Waals surface area contributed by atoms with Gasteiger partial charge in [0.25, 0.3) is 6.29 Å². The van der Waals surface area contributed by atoms with Gasteiger partial charge in [0.15, 0.2) is 6.10 Å². The molecule has 0 aromatic carbocycles. The molecule has 0 aromatic rings. The molecule has 2 atom stereocenters. The summed E-state index contributed by atoms with van der Waals surface area (Å²) in [6.07, 6.45) is 76.2. The van der Waals surface area contributed by atoms with Crippen LogP contribution in [0.4, 0.5) is 0 Å². The molecule has 0 rings (SSSR count). The third-order valence-corrected chi connectivity index (χ3v) is 14.8. The number of carboxylic acid groups (broad SMARTS) is 1. The Morgan fingerprint density at radius 2 is 0.722 bits per heavy atom. The van der Waals surface area contributed by atoms with Crippen LogP contribution in [0.2, 0.25) is 0 Å². The molecule has 0 aromatic heterocycles. The summed E-state index contributed by atoms with van der Waals surface area (Å²) in [5.41, 5.74) is 0. The topological polar surface area (TPSA) is 108 Å². The molecule has 0 radical (unpaired) electrons. The van der Waals surface area contributed by atoms with Crippen molar-refractivity contribution in [3.8, 4) is 0 Å². The maximum atomic E-state index is 12.9. The number of quaternary nitrogens is 1. The van der Waals surface area contributed by atoms with Crippen LogP contribution in [-0.4, -0.2) is 87.4 Å². The van der Waals surface area contributed by atoms with E-state index in [9.17, 15) is 19.5 Å². The molecule has 460 valence electrons. The highest BCUT2D eigenvalue weighted by Gasteiger charge is 2.25. The SMILES string of the molecule is CC/C=C\C/C=C\C/C=C\C/C=C\C/C=C\CCCCCCCCCCCCCCCCCCCCCCCCCC(=O)OC(COC(=O)CCCCCCCCCCCCCCCCC)COC(OCC[N+](C)(C)C)C(=O)O. The average Bonchev–Trinajstić information content (AvgIpc) is 3.42. The van der Waals surface area contributed by atoms with Gasteiger partial charge >= 0.3 is 17.9 Å². The van der Waals surface area contributed by atoms with E-state index in [-0.39, 0.29) is 38.2 Å². The molecule has 9 nitrogen and oxygen atoms in total. The average molecular weight is 1110 g/mol. The van der Waals surface area contributed by atoms with E-state index >= 15 is 0 Å². The van der Waals surface area contributed by atoms with Crippen LogP contribution >= 0.6 is 0 Å². The monoisotopic (exact) mass is 1110 g/mol. The number of hydrogen-bond acceptors (Lipinski definition) is 7. The fourth-order valence-electron chi connectivity index (χ4n) is 9.69. The second kappa shape index (κ2) is 61.1. The maximum absolute atomic E-state index is 12.9. The molecule has 2 unspecified atom stereocenters. The molecule has 0 bridgehead atoms. The van der Waals surface area contributed by atoms with Crippen molar-refractivity contribution in [1.29, 1.82) is 0 Å². The lowest BCUT2D eigenvalue weighted by molar-refractivity contribution is -0.870. The lowest BCUT2D eigenvalue weighted by Gasteiger charge is -2.25. The van der Waals surface area contributed by atoms with E-state index in [2.05, 4.69) is 74.6 Å². The van der Waals surface area contributed by atoms with Gasteiger partial charge in [0, 0.05) is 12.8 Å². The van der Waals surface area contributed by atoms with E-state index in [0.717, 1.165) is 70.6 Å². The normalized spacial score (nSPS) is 13.1. The number of hydrogen-bond donors (Lipinski definition) is 1. The first-order chi connectivity index (χ1) is 38.6. The minimum absolute atomic E-state index is 0.176. The Labute approximate surface area is 488 Å². The van der Waals surface area contributed by atoms with Crippen molar-refractivity contribution in [3.63, 3.8) is 0 Å². The molecule has 1 N–H and O–H groups in total. The van der Waals surface area contributed by atoms with Crippen LogP contribution in [0.3, 0.4) is 0 Å². The van der Waals surface area contributed by atoms with Crippen LogP contribution in [0.5, 0.6) is 0 Å². The maximum Gasteiger partial charge on any atom is 0.361 e.